The Morgan fingerprint density at radius 2 is 2.11 bits per heavy atom. The highest BCUT2D eigenvalue weighted by molar-refractivity contribution is 5.80. The lowest BCUT2D eigenvalue weighted by atomic mass is 10.2. The maximum atomic E-state index is 5.49. The molecule has 8 nitrogen and oxygen atoms in total. The second-order valence-corrected chi connectivity index (χ2v) is 7.27. The van der Waals surface area contributed by atoms with Gasteiger partial charge in [0.25, 0.3) is 0 Å². The first kappa shape index (κ1) is 18.9. The fourth-order valence-corrected chi connectivity index (χ4v) is 4.07. The summed E-state index contributed by atoms with van der Waals surface area (Å²) in [6.07, 6.45) is 6.74. The van der Waals surface area contributed by atoms with Gasteiger partial charge in [-0.3, -0.25) is 14.5 Å². The smallest absolute Gasteiger partial charge is 0.193 e. The van der Waals surface area contributed by atoms with Crippen LogP contribution in [0.2, 0.25) is 0 Å². The number of aromatic nitrogens is 3. The number of morpholine rings is 1. The number of nitrogens with zero attached hydrogens (tertiary/aromatic N) is 6. The summed E-state index contributed by atoms with van der Waals surface area (Å²) >= 11 is 0. The molecule has 0 bridgehead atoms. The van der Waals surface area contributed by atoms with Gasteiger partial charge in [0.15, 0.2) is 5.96 Å². The summed E-state index contributed by atoms with van der Waals surface area (Å²) in [5.41, 5.74) is 1.12. The number of hydrogen-bond donors (Lipinski definition) is 1. The molecule has 4 rings (SSSR count). The summed E-state index contributed by atoms with van der Waals surface area (Å²) in [7, 11) is 1.86. The Kier molecular flexibility index (Phi) is 5.87. The van der Waals surface area contributed by atoms with E-state index in [0.29, 0.717) is 12.6 Å². The Morgan fingerprint density at radius 1 is 1.25 bits per heavy atom. The van der Waals surface area contributed by atoms with Crippen LogP contribution in [0.5, 0.6) is 0 Å². The number of aliphatic imine (C=N–C) groups is 1. The van der Waals surface area contributed by atoms with Crippen LogP contribution in [-0.2, 0) is 11.3 Å². The number of hydrogen-bond acceptors (Lipinski definition) is 5. The summed E-state index contributed by atoms with van der Waals surface area (Å²) < 4.78 is 7.51. The van der Waals surface area contributed by atoms with Gasteiger partial charge in [-0.05, 0) is 19.4 Å². The molecule has 0 saturated carbocycles. The monoisotopic (exact) mass is 383 g/mol. The molecule has 2 aromatic heterocycles. The minimum Gasteiger partial charge on any atom is -0.379 e. The lowest BCUT2D eigenvalue weighted by Crippen LogP contribution is -2.46. The van der Waals surface area contributed by atoms with Gasteiger partial charge in [-0.15, -0.1) is 0 Å². The molecule has 0 aromatic carbocycles. The third-order valence-corrected chi connectivity index (χ3v) is 5.60. The minimum atomic E-state index is 0.588. The maximum Gasteiger partial charge on any atom is 0.193 e. The number of imidazole rings is 1. The summed E-state index contributed by atoms with van der Waals surface area (Å²) in [6.45, 7) is 8.47. The van der Waals surface area contributed by atoms with Gasteiger partial charge in [-0.1, -0.05) is 6.07 Å². The molecule has 0 amide bonds. The molecule has 1 atom stereocenters. The van der Waals surface area contributed by atoms with Crippen molar-refractivity contribution in [1.82, 2.24) is 29.7 Å². The second kappa shape index (κ2) is 8.70. The van der Waals surface area contributed by atoms with E-state index in [4.69, 9.17) is 4.74 Å². The molecular formula is C20H29N7O. The number of aryl methyl sites for hydroxylation is 1. The molecule has 4 heterocycles. The van der Waals surface area contributed by atoms with Crippen LogP contribution < -0.4 is 5.32 Å². The van der Waals surface area contributed by atoms with E-state index < -0.39 is 0 Å². The number of likely N-dealkylation sites (tertiary alicyclic amines) is 1. The van der Waals surface area contributed by atoms with Gasteiger partial charge in [-0.25, -0.2) is 9.97 Å². The molecule has 2 saturated heterocycles. The molecule has 2 aliphatic heterocycles. The molecule has 0 aliphatic carbocycles. The third-order valence-electron chi connectivity index (χ3n) is 5.60. The number of nitrogens with one attached hydrogen (secondary N) is 1. The van der Waals surface area contributed by atoms with E-state index in [1.807, 2.05) is 37.0 Å². The molecule has 2 aromatic rings. The quantitative estimate of drug-likeness (QED) is 0.629. The van der Waals surface area contributed by atoms with Crippen molar-refractivity contribution < 1.29 is 4.74 Å². The zero-order valence-electron chi connectivity index (χ0n) is 16.7. The maximum absolute atomic E-state index is 5.49. The van der Waals surface area contributed by atoms with Gasteiger partial charge < -0.3 is 15.0 Å². The molecule has 0 spiro atoms. The largest absolute Gasteiger partial charge is 0.379 e. The Balaban J connectivity index is 1.40. The molecule has 150 valence electrons. The highest BCUT2D eigenvalue weighted by Crippen LogP contribution is 2.18. The van der Waals surface area contributed by atoms with Crippen molar-refractivity contribution >= 4 is 5.96 Å². The van der Waals surface area contributed by atoms with Crippen LogP contribution in [0, 0.1) is 6.92 Å². The number of ether oxygens (including phenoxy) is 1. The summed E-state index contributed by atoms with van der Waals surface area (Å²) in [6, 6.07) is 4.66. The van der Waals surface area contributed by atoms with Crippen molar-refractivity contribution in [3.05, 3.63) is 42.1 Å². The van der Waals surface area contributed by atoms with Crippen LogP contribution in [0.15, 0.2) is 35.7 Å². The number of rotatable bonds is 4. The Labute approximate surface area is 166 Å². The minimum absolute atomic E-state index is 0.588. The van der Waals surface area contributed by atoms with Crippen LogP contribution in [0.1, 0.15) is 17.8 Å². The van der Waals surface area contributed by atoms with Crippen LogP contribution in [0.25, 0.3) is 5.82 Å². The topological polar surface area (TPSA) is 70.8 Å². The van der Waals surface area contributed by atoms with Gasteiger partial charge in [-0.2, -0.15) is 0 Å². The van der Waals surface area contributed by atoms with Crippen molar-refractivity contribution in [1.29, 1.82) is 0 Å². The fourth-order valence-electron chi connectivity index (χ4n) is 4.07. The lowest BCUT2D eigenvalue weighted by molar-refractivity contribution is 0.0195. The molecule has 8 heteroatoms. The highest BCUT2D eigenvalue weighted by Gasteiger charge is 2.30. The fraction of sp³-hybridized carbons (Fsp3) is 0.550. The Hall–Kier alpha value is -2.45. The van der Waals surface area contributed by atoms with Crippen molar-refractivity contribution in [3.63, 3.8) is 0 Å². The molecule has 2 aliphatic rings. The van der Waals surface area contributed by atoms with Crippen molar-refractivity contribution in [2.75, 3.05) is 46.4 Å². The summed E-state index contributed by atoms with van der Waals surface area (Å²) in [4.78, 5) is 18.3. The van der Waals surface area contributed by atoms with Crippen molar-refractivity contribution in [2.24, 2.45) is 4.99 Å². The predicted octanol–water partition coefficient (Wildman–Crippen LogP) is 1.06. The molecule has 1 N–H and O–H groups in total. The van der Waals surface area contributed by atoms with Crippen LogP contribution >= 0.6 is 0 Å². The van der Waals surface area contributed by atoms with E-state index in [-0.39, 0.29) is 0 Å². The molecule has 0 radical (unpaired) electrons. The zero-order chi connectivity index (χ0) is 19.3. The van der Waals surface area contributed by atoms with E-state index in [0.717, 1.165) is 62.6 Å². The molecule has 1 unspecified atom stereocenters. The number of pyridine rings is 1. The first-order valence-electron chi connectivity index (χ1n) is 9.98. The van der Waals surface area contributed by atoms with E-state index in [1.165, 1.54) is 6.42 Å². The average molecular weight is 384 g/mol. The standard InChI is InChI=1S/C20H29N7O/c1-16-22-7-9-27(16)19-17(4-3-6-23-19)14-24-20(21-2)26-8-5-18(15-26)25-10-12-28-13-11-25/h3-4,6-7,9,18H,5,8,10-15H2,1-2H3,(H,21,24). The van der Waals surface area contributed by atoms with Crippen LogP contribution in [-0.4, -0.2) is 82.8 Å². The lowest BCUT2D eigenvalue weighted by Gasteiger charge is -2.32. The molecular weight excluding hydrogens is 354 g/mol. The Bertz CT molecular complexity index is 812. The normalized spacial score (nSPS) is 21.3. The summed E-state index contributed by atoms with van der Waals surface area (Å²) in [5, 5.41) is 3.53. The highest BCUT2D eigenvalue weighted by atomic mass is 16.5. The summed E-state index contributed by atoms with van der Waals surface area (Å²) in [5.74, 6) is 2.79. The van der Waals surface area contributed by atoms with Gasteiger partial charge in [0.1, 0.15) is 11.6 Å². The third kappa shape index (κ3) is 4.02. The first-order valence-corrected chi connectivity index (χ1v) is 9.98. The van der Waals surface area contributed by atoms with E-state index >= 15 is 0 Å². The van der Waals surface area contributed by atoms with Gasteiger partial charge >= 0.3 is 0 Å². The average Bonchev–Trinajstić information content (AvgIpc) is 3.39. The van der Waals surface area contributed by atoms with Crippen molar-refractivity contribution in [3.8, 4) is 5.82 Å². The molecule has 2 fully saturated rings. The predicted molar refractivity (Wildman–Crippen MR) is 109 cm³/mol. The first-order chi connectivity index (χ1) is 13.8. The SMILES string of the molecule is CN=C(NCc1cccnc1-n1ccnc1C)N1CCC(N2CCOCC2)C1. The van der Waals surface area contributed by atoms with E-state index in [2.05, 4.69) is 36.1 Å². The van der Waals surface area contributed by atoms with Gasteiger partial charge in [0.05, 0.1) is 13.2 Å². The van der Waals surface area contributed by atoms with E-state index in [9.17, 15) is 0 Å². The van der Waals surface area contributed by atoms with E-state index in [1.54, 1.807) is 6.20 Å². The Morgan fingerprint density at radius 3 is 2.86 bits per heavy atom. The number of guanidine groups is 1. The van der Waals surface area contributed by atoms with Gasteiger partial charge in [0.2, 0.25) is 0 Å². The van der Waals surface area contributed by atoms with Crippen LogP contribution in [0.4, 0.5) is 0 Å². The van der Waals surface area contributed by atoms with Crippen molar-refractivity contribution in [2.45, 2.75) is 25.9 Å². The second-order valence-electron chi connectivity index (χ2n) is 7.27. The molecule has 28 heavy (non-hydrogen) atoms. The zero-order valence-corrected chi connectivity index (χ0v) is 16.7. The van der Waals surface area contributed by atoms with Crippen LogP contribution in [0.3, 0.4) is 0 Å². The van der Waals surface area contributed by atoms with Gasteiger partial charge in [0, 0.05) is 70.0 Å².